The second-order valence-electron chi connectivity index (χ2n) is 4.01. The molecule has 0 fully saturated rings. The van der Waals surface area contributed by atoms with E-state index in [4.69, 9.17) is 0 Å². The summed E-state index contributed by atoms with van der Waals surface area (Å²) in [5, 5.41) is 6.88. The fourth-order valence-corrected chi connectivity index (χ4v) is 3.06. The summed E-state index contributed by atoms with van der Waals surface area (Å²) < 4.78 is 0. The zero-order valence-electron chi connectivity index (χ0n) is 8.52. The smallest absolute Gasteiger partial charge is 0.138 e. The molecule has 3 rings (SSSR count). The number of hydrogen-bond acceptors (Lipinski definition) is 1. The van der Waals surface area contributed by atoms with Crippen LogP contribution in [0.3, 0.4) is 0 Å². The standard InChI is InChI=1S/C13H13NS/c1-2-4-12-10(3-1)5-7-14-13(12)11-6-8-15-9-11/h1-4,6,8-9,13-14H,5,7H2/p+1/t13-/m1/s1. The van der Waals surface area contributed by atoms with Crippen molar-refractivity contribution in [3.8, 4) is 0 Å². The first kappa shape index (κ1) is 9.13. The molecule has 0 spiro atoms. The maximum Gasteiger partial charge on any atom is 0.138 e. The molecule has 2 heterocycles. The highest BCUT2D eigenvalue weighted by Crippen LogP contribution is 2.25. The highest BCUT2D eigenvalue weighted by Gasteiger charge is 2.24. The molecule has 0 saturated heterocycles. The Balaban J connectivity index is 2.06. The molecule has 0 amide bonds. The average molecular weight is 216 g/mol. The molecule has 0 bridgehead atoms. The van der Waals surface area contributed by atoms with Crippen LogP contribution < -0.4 is 5.32 Å². The monoisotopic (exact) mass is 216 g/mol. The van der Waals surface area contributed by atoms with Crippen molar-refractivity contribution in [2.24, 2.45) is 0 Å². The van der Waals surface area contributed by atoms with Crippen LogP contribution in [0.5, 0.6) is 0 Å². The average Bonchev–Trinajstić information content (AvgIpc) is 2.82. The van der Waals surface area contributed by atoms with Crippen LogP contribution >= 0.6 is 11.3 Å². The van der Waals surface area contributed by atoms with E-state index in [1.54, 1.807) is 11.3 Å². The second kappa shape index (κ2) is 3.80. The first-order chi connectivity index (χ1) is 7.45. The van der Waals surface area contributed by atoms with Gasteiger partial charge in [0.05, 0.1) is 6.54 Å². The number of hydrogen-bond donors (Lipinski definition) is 1. The van der Waals surface area contributed by atoms with Gasteiger partial charge in [-0.2, -0.15) is 11.3 Å². The lowest BCUT2D eigenvalue weighted by molar-refractivity contribution is -0.690. The van der Waals surface area contributed by atoms with Crippen LogP contribution in [-0.4, -0.2) is 6.54 Å². The Labute approximate surface area is 93.8 Å². The lowest BCUT2D eigenvalue weighted by Crippen LogP contribution is -2.87. The Morgan fingerprint density at radius 1 is 1.20 bits per heavy atom. The molecule has 2 aromatic rings. The first-order valence-electron chi connectivity index (χ1n) is 5.38. The van der Waals surface area contributed by atoms with Crippen LogP contribution in [0.1, 0.15) is 22.7 Å². The Hall–Kier alpha value is -1.12. The van der Waals surface area contributed by atoms with Gasteiger partial charge in [-0.25, -0.2) is 0 Å². The highest BCUT2D eigenvalue weighted by molar-refractivity contribution is 7.07. The lowest BCUT2D eigenvalue weighted by atomic mass is 9.91. The minimum Gasteiger partial charge on any atom is -0.336 e. The first-order valence-corrected chi connectivity index (χ1v) is 6.32. The van der Waals surface area contributed by atoms with E-state index in [0.29, 0.717) is 6.04 Å². The van der Waals surface area contributed by atoms with E-state index in [2.05, 4.69) is 46.4 Å². The summed E-state index contributed by atoms with van der Waals surface area (Å²) in [4.78, 5) is 0. The van der Waals surface area contributed by atoms with Crippen LogP contribution in [0.4, 0.5) is 0 Å². The second-order valence-corrected chi connectivity index (χ2v) is 4.79. The summed E-state index contributed by atoms with van der Waals surface area (Å²) in [5.41, 5.74) is 4.48. The topological polar surface area (TPSA) is 16.6 Å². The van der Waals surface area contributed by atoms with Crippen LogP contribution in [0, 0.1) is 0 Å². The van der Waals surface area contributed by atoms with E-state index in [-0.39, 0.29) is 0 Å². The van der Waals surface area contributed by atoms with Gasteiger partial charge in [0.25, 0.3) is 0 Å². The minimum absolute atomic E-state index is 0.529. The molecule has 76 valence electrons. The van der Waals surface area contributed by atoms with Crippen molar-refractivity contribution in [2.75, 3.05) is 6.54 Å². The van der Waals surface area contributed by atoms with E-state index >= 15 is 0 Å². The third kappa shape index (κ3) is 1.60. The summed E-state index contributed by atoms with van der Waals surface area (Å²) in [5.74, 6) is 0. The SMILES string of the molecule is c1ccc2c(c1)CC[NH2+][C@@H]2c1ccsc1. The van der Waals surface area contributed by atoms with E-state index in [1.807, 2.05) is 0 Å². The van der Waals surface area contributed by atoms with Crippen molar-refractivity contribution in [3.05, 3.63) is 57.8 Å². The third-order valence-electron chi connectivity index (χ3n) is 3.11. The zero-order valence-corrected chi connectivity index (χ0v) is 9.34. The quantitative estimate of drug-likeness (QED) is 0.750. The Kier molecular flexibility index (Phi) is 2.31. The molecule has 15 heavy (non-hydrogen) atoms. The Bertz CT molecular complexity index is 447. The molecule has 2 heteroatoms. The van der Waals surface area contributed by atoms with Gasteiger partial charge in [-0.1, -0.05) is 24.3 Å². The maximum absolute atomic E-state index is 2.45. The van der Waals surface area contributed by atoms with Crippen molar-refractivity contribution in [2.45, 2.75) is 12.5 Å². The van der Waals surface area contributed by atoms with Crippen LogP contribution in [0.25, 0.3) is 0 Å². The molecule has 1 aromatic heterocycles. The van der Waals surface area contributed by atoms with Gasteiger partial charge in [0, 0.05) is 22.9 Å². The summed E-state index contributed by atoms with van der Waals surface area (Å²) in [6.45, 7) is 1.21. The summed E-state index contributed by atoms with van der Waals surface area (Å²) >= 11 is 1.79. The Morgan fingerprint density at radius 3 is 3.00 bits per heavy atom. The molecule has 0 unspecified atom stereocenters. The minimum atomic E-state index is 0.529. The van der Waals surface area contributed by atoms with Crippen molar-refractivity contribution in [1.82, 2.24) is 0 Å². The molecule has 0 saturated carbocycles. The van der Waals surface area contributed by atoms with Crippen molar-refractivity contribution >= 4 is 11.3 Å². The Morgan fingerprint density at radius 2 is 2.13 bits per heavy atom. The number of quaternary nitrogens is 1. The van der Waals surface area contributed by atoms with Crippen molar-refractivity contribution < 1.29 is 5.32 Å². The fraction of sp³-hybridized carbons (Fsp3) is 0.231. The van der Waals surface area contributed by atoms with E-state index < -0.39 is 0 Å². The summed E-state index contributed by atoms with van der Waals surface area (Å²) in [7, 11) is 0. The normalized spacial score (nSPS) is 19.9. The zero-order chi connectivity index (χ0) is 10.1. The van der Waals surface area contributed by atoms with Crippen LogP contribution in [-0.2, 0) is 6.42 Å². The number of fused-ring (bicyclic) bond motifs is 1. The van der Waals surface area contributed by atoms with Gasteiger partial charge in [0.2, 0.25) is 0 Å². The molecular weight excluding hydrogens is 202 g/mol. The van der Waals surface area contributed by atoms with E-state index in [0.717, 1.165) is 0 Å². The number of benzene rings is 1. The molecule has 1 aliphatic rings. The molecule has 0 aliphatic carbocycles. The number of nitrogens with two attached hydrogens (primary N) is 1. The molecule has 1 aliphatic heterocycles. The fourth-order valence-electron chi connectivity index (χ4n) is 2.37. The molecule has 0 radical (unpaired) electrons. The summed E-state index contributed by atoms with van der Waals surface area (Å²) in [6, 6.07) is 11.6. The summed E-state index contributed by atoms with van der Waals surface area (Å²) in [6.07, 6.45) is 1.21. The maximum atomic E-state index is 2.45. The predicted octanol–water partition coefficient (Wildman–Crippen LogP) is 1.96. The lowest BCUT2D eigenvalue weighted by Gasteiger charge is -2.23. The van der Waals surface area contributed by atoms with Gasteiger partial charge in [-0.15, -0.1) is 0 Å². The van der Waals surface area contributed by atoms with Gasteiger partial charge in [-0.05, 0) is 17.0 Å². The largest absolute Gasteiger partial charge is 0.336 e. The molecular formula is C13H14NS+. The van der Waals surface area contributed by atoms with Gasteiger partial charge < -0.3 is 5.32 Å². The van der Waals surface area contributed by atoms with Crippen LogP contribution in [0.15, 0.2) is 41.1 Å². The predicted molar refractivity (Wildman–Crippen MR) is 63.1 cm³/mol. The van der Waals surface area contributed by atoms with Crippen LogP contribution in [0.2, 0.25) is 0 Å². The van der Waals surface area contributed by atoms with Gasteiger partial charge in [-0.3, -0.25) is 0 Å². The highest BCUT2D eigenvalue weighted by atomic mass is 32.1. The molecule has 1 nitrogen and oxygen atoms in total. The van der Waals surface area contributed by atoms with Gasteiger partial charge in [0.15, 0.2) is 0 Å². The van der Waals surface area contributed by atoms with Crippen molar-refractivity contribution in [3.63, 3.8) is 0 Å². The van der Waals surface area contributed by atoms with Crippen molar-refractivity contribution in [1.29, 1.82) is 0 Å². The molecule has 1 aromatic carbocycles. The molecule has 1 atom stereocenters. The van der Waals surface area contributed by atoms with E-state index in [1.165, 1.54) is 29.7 Å². The van der Waals surface area contributed by atoms with Gasteiger partial charge >= 0.3 is 0 Å². The number of rotatable bonds is 1. The molecule has 2 N–H and O–H groups in total. The third-order valence-corrected chi connectivity index (χ3v) is 3.81. The van der Waals surface area contributed by atoms with Gasteiger partial charge in [0.1, 0.15) is 6.04 Å². The number of thiophene rings is 1. The van der Waals surface area contributed by atoms with E-state index in [9.17, 15) is 0 Å².